The molecular formula is C6H7ClF3N2+. The third-order valence-electron chi connectivity index (χ3n) is 1.58. The molecule has 1 unspecified atom stereocenters. The highest BCUT2D eigenvalue weighted by molar-refractivity contribution is 6.30. The summed E-state index contributed by atoms with van der Waals surface area (Å²) in [6.45, 7) is 1.45. The van der Waals surface area contributed by atoms with Crippen molar-refractivity contribution in [3.8, 4) is 0 Å². The fraction of sp³-hybridized carbons (Fsp3) is 0.667. The Morgan fingerprint density at radius 3 is 2.17 bits per heavy atom. The molecule has 0 amide bonds. The summed E-state index contributed by atoms with van der Waals surface area (Å²) in [4.78, 5) is 0. The number of allylic oxidation sites excluding steroid dienone is 1. The molecule has 0 aliphatic carbocycles. The number of alkyl halides is 3. The Balaban J connectivity index is 3.02. The van der Waals surface area contributed by atoms with Crippen molar-refractivity contribution in [2.45, 2.75) is 19.1 Å². The van der Waals surface area contributed by atoms with Gasteiger partial charge in [0.25, 0.3) is 0 Å². The molecule has 1 rings (SSSR count). The second kappa shape index (κ2) is 2.73. The van der Waals surface area contributed by atoms with Crippen molar-refractivity contribution in [1.82, 2.24) is 0 Å². The van der Waals surface area contributed by atoms with E-state index < -0.39 is 12.2 Å². The lowest BCUT2D eigenvalue weighted by Gasteiger charge is -2.09. The summed E-state index contributed by atoms with van der Waals surface area (Å²) in [6, 6.07) is -1.76. The fourth-order valence-corrected chi connectivity index (χ4v) is 1.36. The number of hydrogen-bond acceptors (Lipinski definition) is 1. The Hall–Kier alpha value is -0.580. The maximum absolute atomic E-state index is 12.2. The van der Waals surface area contributed by atoms with Gasteiger partial charge in [-0.05, 0) is 12.0 Å². The monoisotopic (exact) mass is 199 g/mol. The molecule has 1 aliphatic rings. The Bertz CT molecular complexity index is 266. The summed E-state index contributed by atoms with van der Waals surface area (Å²) in [6.07, 6.45) is -4.35. The van der Waals surface area contributed by atoms with Gasteiger partial charge in [0, 0.05) is 0 Å². The lowest BCUT2D eigenvalue weighted by molar-refractivity contribution is -0.613. The SMILES string of the molecule is CC1=C(Cl)C(C(F)(F)F)[N+](C)=N1. The van der Waals surface area contributed by atoms with Gasteiger partial charge in [-0.15, -0.1) is 4.70 Å². The Kier molecular flexibility index (Phi) is 2.16. The summed E-state index contributed by atoms with van der Waals surface area (Å²) in [7, 11) is 1.25. The molecule has 1 atom stereocenters. The van der Waals surface area contributed by atoms with Crippen LogP contribution in [-0.4, -0.2) is 24.0 Å². The topological polar surface area (TPSA) is 15.4 Å². The first kappa shape index (κ1) is 9.51. The van der Waals surface area contributed by atoms with Crippen molar-refractivity contribution in [2.24, 2.45) is 5.11 Å². The standard InChI is InChI=1S/C6H7ClF3N2/c1-3-4(7)5(6(8,9)10)12(2)11-3/h5H,1-2H3/q+1. The number of halogens is 4. The molecule has 0 spiro atoms. The summed E-state index contributed by atoms with van der Waals surface area (Å²) in [5.41, 5.74) is 0.224. The zero-order chi connectivity index (χ0) is 9.52. The molecule has 12 heavy (non-hydrogen) atoms. The van der Waals surface area contributed by atoms with Crippen LogP contribution in [-0.2, 0) is 0 Å². The van der Waals surface area contributed by atoms with Crippen LogP contribution in [0, 0.1) is 0 Å². The van der Waals surface area contributed by atoms with Gasteiger partial charge in [-0.2, -0.15) is 13.2 Å². The molecule has 0 aromatic rings. The molecule has 0 fully saturated rings. The lowest BCUT2D eigenvalue weighted by atomic mass is 10.2. The van der Waals surface area contributed by atoms with Gasteiger partial charge in [-0.3, -0.25) is 0 Å². The van der Waals surface area contributed by atoms with E-state index in [-0.39, 0.29) is 10.7 Å². The molecule has 0 N–H and O–H groups in total. The van der Waals surface area contributed by atoms with Gasteiger partial charge in [0.2, 0.25) is 0 Å². The molecule has 68 valence electrons. The maximum Gasteiger partial charge on any atom is 0.459 e. The molecule has 0 aromatic heterocycles. The van der Waals surface area contributed by atoms with Crippen molar-refractivity contribution in [3.05, 3.63) is 10.7 Å². The Labute approximate surface area is 72.3 Å². The van der Waals surface area contributed by atoms with E-state index >= 15 is 0 Å². The second-order valence-corrected chi connectivity index (χ2v) is 2.96. The molecule has 1 aliphatic heterocycles. The average molecular weight is 200 g/mol. The number of nitrogens with zero attached hydrogens (tertiary/aromatic N) is 2. The van der Waals surface area contributed by atoms with Gasteiger partial charge >= 0.3 is 12.2 Å². The number of likely N-dealkylation sites (N-methyl/N-ethyl adjacent to an activating group) is 1. The van der Waals surface area contributed by atoms with Crippen LogP contribution in [0.4, 0.5) is 13.2 Å². The highest BCUT2D eigenvalue weighted by atomic mass is 35.5. The van der Waals surface area contributed by atoms with Crippen molar-refractivity contribution in [1.29, 1.82) is 0 Å². The van der Waals surface area contributed by atoms with E-state index in [4.69, 9.17) is 11.6 Å². The number of azo groups is 2. The van der Waals surface area contributed by atoms with E-state index in [2.05, 4.69) is 5.11 Å². The molecule has 0 saturated carbocycles. The van der Waals surface area contributed by atoms with Crippen LogP contribution in [0.15, 0.2) is 15.8 Å². The van der Waals surface area contributed by atoms with Crippen molar-refractivity contribution in [2.75, 3.05) is 7.05 Å². The first-order valence-electron chi connectivity index (χ1n) is 3.21. The Morgan fingerprint density at radius 1 is 1.50 bits per heavy atom. The van der Waals surface area contributed by atoms with Crippen LogP contribution in [0.1, 0.15) is 6.92 Å². The molecule has 0 radical (unpaired) electrons. The van der Waals surface area contributed by atoms with Crippen LogP contribution >= 0.6 is 11.6 Å². The highest BCUT2D eigenvalue weighted by Gasteiger charge is 2.53. The minimum absolute atomic E-state index is 0.224. The van der Waals surface area contributed by atoms with E-state index in [1.54, 1.807) is 0 Å². The molecular weight excluding hydrogens is 193 g/mol. The van der Waals surface area contributed by atoms with Crippen LogP contribution in [0.25, 0.3) is 0 Å². The third-order valence-corrected chi connectivity index (χ3v) is 2.06. The molecule has 0 saturated heterocycles. The normalized spacial score (nSPS) is 24.8. The summed E-state index contributed by atoms with van der Waals surface area (Å²) in [5, 5.41) is 3.33. The van der Waals surface area contributed by atoms with Crippen LogP contribution in [0.2, 0.25) is 0 Å². The van der Waals surface area contributed by atoms with Gasteiger partial charge in [-0.1, -0.05) is 11.6 Å². The zero-order valence-corrected chi connectivity index (χ0v) is 7.24. The minimum Gasteiger partial charge on any atom is -0.164 e. The van der Waals surface area contributed by atoms with E-state index in [9.17, 15) is 13.2 Å². The van der Waals surface area contributed by atoms with Gasteiger partial charge < -0.3 is 0 Å². The summed E-state index contributed by atoms with van der Waals surface area (Å²) in [5.74, 6) is 0. The minimum atomic E-state index is -4.35. The predicted molar refractivity (Wildman–Crippen MR) is 37.0 cm³/mol. The second-order valence-electron chi connectivity index (χ2n) is 2.55. The molecule has 1 heterocycles. The molecule has 0 aromatic carbocycles. The first-order valence-corrected chi connectivity index (χ1v) is 3.59. The van der Waals surface area contributed by atoms with Gasteiger partial charge in [0.1, 0.15) is 10.7 Å². The van der Waals surface area contributed by atoms with E-state index in [0.717, 1.165) is 4.70 Å². The zero-order valence-electron chi connectivity index (χ0n) is 6.48. The predicted octanol–water partition coefficient (Wildman–Crippen LogP) is 2.50. The van der Waals surface area contributed by atoms with Crippen molar-refractivity contribution >= 4 is 11.6 Å². The molecule has 6 heteroatoms. The van der Waals surface area contributed by atoms with Crippen molar-refractivity contribution in [3.63, 3.8) is 0 Å². The van der Waals surface area contributed by atoms with Gasteiger partial charge in [-0.25, -0.2) is 0 Å². The van der Waals surface area contributed by atoms with Gasteiger partial charge in [0.05, 0.1) is 0 Å². The van der Waals surface area contributed by atoms with Crippen LogP contribution in [0.5, 0.6) is 0 Å². The quantitative estimate of drug-likeness (QED) is 0.533. The third kappa shape index (κ3) is 1.46. The van der Waals surface area contributed by atoms with Crippen molar-refractivity contribution < 1.29 is 17.9 Å². The van der Waals surface area contributed by atoms with Gasteiger partial charge in [0.15, 0.2) is 7.05 Å². The maximum atomic E-state index is 12.2. The van der Waals surface area contributed by atoms with E-state index in [1.165, 1.54) is 14.0 Å². The lowest BCUT2D eigenvalue weighted by Crippen LogP contribution is -2.35. The molecule has 2 nitrogen and oxygen atoms in total. The highest BCUT2D eigenvalue weighted by Crippen LogP contribution is 2.35. The summed E-state index contributed by atoms with van der Waals surface area (Å²) >= 11 is 5.43. The van der Waals surface area contributed by atoms with E-state index in [1.807, 2.05) is 0 Å². The van der Waals surface area contributed by atoms with Crippen LogP contribution < -0.4 is 0 Å². The number of hydrogen-bond donors (Lipinski definition) is 0. The number of rotatable bonds is 0. The van der Waals surface area contributed by atoms with E-state index in [0.29, 0.717) is 0 Å². The Morgan fingerprint density at radius 2 is 2.00 bits per heavy atom. The first-order chi connectivity index (χ1) is 5.34. The average Bonchev–Trinajstić information content (AvgIpc) is 2.05. The summed E-state index contributed by atoms with van der Waals surface area (Å²) < 4.78 is 37.5. The molecule has 0 bridgehead atoms. The fourth-order valence-electron chi connectivity index (χ4n) is 1.06. The van der Waals surface area contributed by atoms with Crippen LogP contribution in [0.3, 0.4) is 0 Å². The smallest absolute Gasteiger partial charge is 0.164 e. The largest absolute Gasteiger partial charge is 0.459 e.